The van der Waals surface area contributed by atoms with Crippen LogP contribution in [0, 0.1) is 5.82 Å². The van der Waals surface area contributed by atoms with Gasteiger partial charge in [-0.15, -0.1) is 0 Å². The molecule has 3 aliphatic heterocycles. The van der Waals surface area contributed by atoms with Crippen LogP contribution in [0.25, 0.3) is 33.1 Å². The van der Waals surface area contributed by atoms with Gasteiger partial charge in [0, 0.05) is 43.6 Å². The zero-order chi connectivity index (χ0) is 27.5. The van der Waals surface area contributed by atoms with Gasteiger partial charge >= 0.3 is 0 Å². The van der Waals surface area contributed by atoms with Crippen LogP contribution in [-0.4, -0.2) is 54.8 Å². The van der Waals surface area contributed by atoms with E-state index in [9.17, 15) is 4.79 Å². The first-order chi connectivity index (χ1) is 19.4. The molecule has 0 aliphatic carbocycles. The van der Waals surface area contributed by atoms with Crippen LogP contribution in [0.5, 0.6) is 11.5 Å². The van der Waals surface area contributed by atoms with Crippen molar-refractivity contribution in [2.24, 2.45) is 5.73 Å². The van der Waals surface area contributed by atoms with Crippen LogP contribution < -0.4 is 26.1 Å². The van der Waals surface area contributed by atoms with Gasteiger partial charge in [0.1, 0.15) is 11.2 Å². The van der Waals surface area contributed by atoms with Crippen LogP contribution in [0.15, 0.2) is 60.0 Å². The lowest BCUT2D eigenvalue weighted by atomic mass is 10.0. The van der Waals surface area contributed by atoms with Crippen molar-refractivity contribution in [3.63, 3.8) is 0 Å². The van der Waals surface area contributed by atoms with E-state index >= 15 is 4.39 Å². The fourth-order valence-corrected chi connectivity index (χ4v) is 6.62. The molecule has 0 radical (unpaired) electrons. The second-order valence-electron chi connectivity index (χ2n) is 11.4. The molecule has 8 heteroatoms. The van der Waals surface area contributed by atoms with E-state index in [1.54, 1.807) is 0 Å². The van der Waals surface area contributed by atoms with E-state index in [-0.39, 0.29) is 16.9 Å². The minimum atomic E-state index is -0.482. The molecular formula is C32H34FN5O2. The SMILES string of the molecule is C=C(NCCC1CCCN1C)c1cn2c3c(c(N4CC[C@@H](N)C4)c(F)cc3c1=O)Oc1cc3ccccc3cc1-2. The fraction of sp³-hybridized carbons (Fsp3) is 0.344. The number of pyridine rings is 1. The highest BCUT2D eigenvalue weighted by atomic mass is 19.1. The smallest absolute Gasteiger partial charge is 0.198 e. The van der Waals surface area contributed by atoms with Crippen molar-refractivity contribution < 1.29 is 9.13 Å². The van der Waals surface area contributed by atoms with Gasteiger partial charge in [0.25, 0.3) is 0 Å². The lowest BCUT2D eigenvalue weighted by molar-refractivity contribution is 0.297. The lowest BCUT2D eigenvalue weighted by Gasteiger charge is -2.29. The van der Waals surface area contributed by atoms with Crippen molar-refractivity contribution in [3.8, 4) is 17.2 Å². The third kappa shape index (κ3) is 4.05. The first-order valence-electron chi connectivity index (χ1n) is 14.2. The number of nitrogens with two attached hydrogens (primary N) is 1. The Morgan fingerprint density at radius 2 is 1.98 bits per heavy atom. The van der Waals surface area contributed by atoms with E-state index in [1.807, 2.05) is 46.0 Å². The van der Waals surface area contributed by atoms with Crippen LogP contribution in [0.2, 0.25) is 0 Å². The van der Waals surface area contributed by atoms with Gasteiger partial charge in [-0.05, 0) is 68.2 Å². The number of halogens is 1. The maximum atomic E-state index is 15.9. The fourth-order valence-electron chi connectivity index (χ4n) is 6.62. The highest BCUT2D eigenvalue weighted by Crippen LogP contribution is 2.48. The highest BCUT2D eigenvalue weighted by molar-refractivity contribution is 5.97. The molecule has 206 valence electrons. The third-order valence-corrected chi connectivity index (χ3v) is 8.82. The molecule has 0 saturated carbocycles. The molecule has 0 bridgehead atoms. The first-order valence-corrected chi connectivity index (χ1v) is 14.2. The molecule has 2 fully saturated rings. The van der Waals surface area contributed by atoms with Crippen LogP contribution in [0.3, 0.4) is 0 Å². The van der Waals surface area contributed by atoms with E-state index in [0.717, 1.165) is 35.8 Å². The van der Waals surface area contributed by atoms with Crippen molar-refractivity contribution >= 4 is 33.1 Å². The van der Waals surface area contributed by atoms with E-state index in [1.165, 1.54) is 18.9 Å². The minimum Gasteiger partial charge on any atom is -0.451 e. The number of hydrogen-bond acceptors (Lipinski definition) is 6. The van der Waals surface area contributed by atoms with Crippen molar-refractivity contribution in [3.05, 3.63) is 76.8 Å². The number of fused-ring (bicyclic) bond motifs is 3. The normalized spacial score (nSPS) is 20.2. The molecule has 3 aliphatic rings. The van der Waals surface area contributed by atoms with E-state index in [0.29, 0.717) is 59.6 Å². The number of ether oxygens (including phenoxy) is 1. The molecule has 3 N–H and O–H groups in total. The molecule has 0 spiro atoms. The average molecular weight is 540 g/mol. The Hall–Kier alpha value is -3.88. The summed E-state index contributed by atoms with van der Waals surface area (Å²) < 4.78 is 24.4. The Morgan fingerprint density at radius 3 is 2.70 bits per heavy atom. The maximum absolute atomic E-state index is 15.9. The zero-order valence-corrected chi connectivity index (χ0v) is 22.8. The molecule has 7 rings (SSSR count). The van der Waals surface area contributed by atoms with Crippen LogP contribution in [0.4, 0.5) is 10.1 Å². The number of aromatic nitrogens is 1. The van der Waals surface area contributed by atoms with Crippen molar-refractivity contribution in [2.75, 3.05) is 38.1 Å². The summed E-state index contributed by atoms with van der Waals surface area (Å²) in [7, 11) is 2.16. The Kier molecular flexibility index (Phi) is 6.05. The van der Waals surface area contributed by atoms with Crippen LogP contribution in [0.1, 0.15) is 31.2 Å². The van der Waals surface area contributed by atoms with Gasteiger partial charge in [-0.2, -0.15) is 0 Å². The first kappa shape index (κ1) is 25.1. The quantitative estimate of drug-likeness (QED) is 0.317. The van der Waals surface area contributed by atoms with Crippen molar-refractivity contribution in [1.82, 2.24) is 14.8 Å². The van der Waals surface area contributed by atoms with Crippen LogP contribution >= 0.6 is 0 Å². The molecule has 2 saturated heterocycles. The molecule has 40 heavy (non-hydrogen) atoms. The Balaban J connectivity index is 1.38. The summed E-state index contributed by atoms with van der Waals surface area (Å²) in [5.74, 6) is 0.489. The number of anilines is 1. The third-order valence-electron chi connectivity index (χ3n) is 8.82. The summed E-state index contributed by atoms with van der Waals surface area (Å²) in [5, 5.41) is 5.72. The summed E-state index contributed by atoms with van der Waals surface area (Å²) in [4.78, 5) is 18.2. The topological polar surface area (TPSA) is 75.8 Å². The van der Waals surface area contributed by atoms with Gasteiger partial charge in [0.05, 0.1) is 16.6 Å². The Morgan fingerprint density at radius 1 is 1.18 bits per heavy atom. The summed E-state index contributed by atoms with van der Waals surface area (Å²) in [6, 6.07) is 13.9. The van der Waals surface area contributed by atoms with Gasteiger partial charge in [0.15, 0.2) is 22.7 Å². The van der Waals surface area contributed by atoms with Crippen LogP contribution in [-0.2, 0) is 0 Å². The summed E-state index contributed by atoms with van der Waals surface area (Å²) in [6.07, 6.45) is 5.97. The highest BCUT2D eigenvalue weighted by Gasteiger charge is 2.32. The average Bonchev–Trinajstić information content (AvgIpc) is 3.56. The van der Waals surface area contributed by atoms with Gasteiger partial charge in [0.2, 0.25) is 0 Å². The number of benzene rings is 3. The number of likely N-dealkylation sites (tertiary alicyclic amines) is 1. The molecule has 2 atom stereocenters. The monoisotopic (exact) mass is 539 g/mol. The second-order valence-corrected chi connectivity index (χ2v) is 11.4. The number of hydrogen-bond donors (Lipinski definition) is 2. The Bertz CT molecular complexity index is 1730. The Labute approximate surface area is 232 Å². The van der Waals surface area contributed by atoms with Gasteiger partial charge in [-0.1, -0.05) is 30.8 Å². The second kappa shape index (κ2) is 9.64. The van der Waals surface area contributed by atoms with E-state index in [4.69, 9.17) is 10.5 Å². The predicted octanol–water partition coefficient (Wildman–Crippen LogP) is 4.97. The van der Waals surface area contributed by atoms with Crippen molar-refractivity contribution in [2.45, 2.75) is 37.8 Å². The molecule has 3 aromatic carbocycles. The number of nitrogens with one attached hydrogen (secondary N) is 1. The van der Waals surface area contributed by atoms with Gasteiger partial charge < -0.3 is 30.2 Å². The summed E-state index contributed by atoms with van der Waals surface area (Å²) in [6.45, 7) is 7.22. The zero-order valence-electron chi connectivity index (χ0n) is 22.8. The van der Waals surface area contributed by atoms with Gasteiger partial charge in [-0.3, -0.25) is 4.79 Å². The van der Waals surface area contributed by atoms with E-state index < -0.39 is 5.82 Å². The molecule has 1 unspecified atom stereocenters. The van der Waals surface area contributed by atoms with E-state index in [2.05, 4.69) is 29.9 Å². The maximum Gasteiger partial charge on any atom is 0.198 e. The molecule has 4 aromatic rings. The largest absolute Gasteiger partial charge is 0.451 e. The molecule has 7 nitrogen and oxygen atoms in total. The van der Waals surface area contributed by atoms with Crippen molar-refractivity contribution in [1.29, 1.82) is 0 Å². The number of nitrogens with zero attached hydrogens (tertiary/aromatic N) is 3. The predicted molar refractivity (Wildman–Crippen MR) is 159 cm³/mol. The lowest BCUT2D eigenvalue weighted by Crippen LogP contribution is -2.30. The molecule has 1 aromatic heterocycles. The molecule has 0 amide bonds. The molecular weight excluding hydrogens is 505 g/mol. The minimum absolute atomic E-state index is 0.0369. The summed E-state index contributed by atoms with van der Waals surface area (Å²) >= 11 is 0. The molecule has 4 heterocycles. The summed E-state index contributed by atoms with van der Waals surface area (Å²) in [5.41, 5.74) is 8.61. The standard InChI is InChI=1S/C32H34FN5O2/c1-19(35-11-9-23-8-5-12-36(23)2)25-18-38-27-14-20-6-3-4-7-21(20)15-28(27)40-32-29(38)24(31(25)39)16-26(33)30(32)37-13-10-22(34)17-37/h3-4,6-7,14-16,18,22-23,35H,1,5,8-13,17,34H2,2H3/t22-,23?/m1/s1. The van der Waals surface area contributed by atoms with Gasteiger partial charge in [-0.25, -0.2) is 4.39 Å². The number of rotatable bonds is 6.